The average Bonchev–Trinajstić information content (AvgIpc) is 2.67. The van der Waals surface area contributed by atoms with E-state index >= 15 is 0 Å². The molecule has 2 rings (SSSR count). The lowest BCUT2D eigenvalue weighted by Crippen LogP contribution is -2.52. The Morgan fingerprint density at radius 3 is 2.10 bits per heavy atom. The van der Waals surface area contributed by atoms with Crippen LogP contribution in [0.5, 0.6) is 0 Å². The predicted octanol–water partition coefficient (Wildman–Crippen LogP) is 2.70. The van der Waals surface area contributed by atoms with Crippen molar-refractivity contribution in [2.24, 2.45) is 0 Å². The molecule has 31 heavy (non-hydrogen) atoms. The van der Waals surface area contributed by atoms with Crippen LogP contribution in [-0.4, -0.2) is 35.0 Å². The Morgan fingerprint density at radius 2 is 1.55 bits per heavy atom. The number of amides is 2. The van der Waals surface area contributed by atoms with E-state index in [1.165, 1.54) is 24.3 Å². The van der Waals surface area contributed by atoms with E-state index < -0.39 is 53.8 Å². The summed E-state index contributed by atoms with van der Waals surface area (Å²) in [5.41, 5.74) is -0.804. The molecule has 166 valence electrons. The molecule has 3 N–H and O–H groups in total. The van der Waals surface area contributed by atoms with Gasteiger partial charge in [-0.15, -0.1) is 0 Å². The van der Waals surface area contributed by atoms with Crippen molar-refractivity contribution in [3.63, 3.8) is 0 Å². The molecule has 0 saturated carbocycles. The molecule has 2 atom stereocenters. The van der Waals surface area contributed by atoms with E-state index in [-0.39, 0.29) is 12.0 Å². The number of hydrogen-bond acceptors (Lipinski definition) is 3. The highest BCUT2D eigenvalue weighted by atomic mass is 19.4. The normalized spacial score (nSPS) is 13.2. The van der Waals surface area contributed by atoms with Crippen LogP contribution in [0.2, 0.25) is 0 Å². The summed E-state index contributed by atoms with van der Waals surface area (Å²) in [5, 5.41) is 14.0. The summed E-state index contributed by atoms with van der Waals surface area (Å²) < 4.78 is 52.7. The van der Waals surface area contributed by atoms with Crippen LogP contribution in [-0.2, 0) is 33.4 Å². The molecular weight excluding hydrogens is 420 g/mol. The third-order valence-corrected chi connectivity index (χ3v) is 4.41. The van der Waals surface area contributed by atoms with E-state index in [4.69, 9.17) is 0 Å². The molecule has 0 heterocycles. The molecule has 2 amide bonds. The molecule has 0 aliphatic rings. The first kappa shape index (κ1) is 23.8. The van der Waals surface area contributed by atoms with Crippen LogP contribution in [0.25, 0.3) is 0 Å². The standard InChI is InChI=1S/C21H20F4N2O4/c1-12(28)26-17(10-13-6-8-15(22)9-7-13)19(29)27-18(20(30)31)11-14-4-2-3-5-16(14)21(23,24)25/h2-9,17-18H,10-11H2,1H3,(H,26,28)(H,27,29)(H,30,31)/t17-,18-/m0/s1. The van der Waals surface area contributed by atoms with Crippen molar-refractivity contribution < 1.29 is 37.1 Å². The topological polar surface area (TPSA) is 95.5 Å². The second-order valence-electron chi connectivity index (χ2n) is 6.84. The highest BCUT2D eigenvalue weighted by molar-refractivity contribution is 5.90. The van der Waals surface area contributed by atoms with Crippen LogP contribution < -0.4 is 10.6 Å². The summed E-state index contributed by atoms with van der Waals surface area (Å²) in [6.07, 6.45) is -5.37. The van der Waals surface area contributed by atoms with Crippen LogP contribution in [0.15, 0.2) is 48.5 Å². The molecule has 0 aromatic heterocycles. The summed E-state index contributed by atoms with van der Waals surface area (Å²) in [6, 6.07) is 6.70. The number of halogens is 4. The van der Waals surface area contributed by atoms with Gasteiger partial charge in [0.05, 0.1) is 5.56 Å². The summed E-state index contributed by atoms with van der Waals surface area (Å²) in [4.78, 5) is 35.7. The maximum absolute atomic E-state index is 13.2. The molecule has 0 fully saturated rings. The van der Waals surface area contributed by atoms with Crippen molar-refractivity contribution in [3.8, 4) is 0 Å². The van der Waals surface area contributed by atoms with Gasteiger partial charge in [-0.3, -0.25) is 9.59 Å². The SMILES string of the molecule is CC(=O)N[C@@H](Cc1ccc(F)cc1)C(=O)N[C@@H](Cc1ccccc1C(F)(F)F)C(=O)O. The number of rotatable bonds is 8. The molecule has 2 aromatic carbocycles. The molecule has 0 radical (unpaired) electrons. The summed E-state index contributed by atoms with van der Waals surface area (Å²) in [6.45, 7) is 1.15. The smallest absolute Gasteiger partial charge is 0.416 e. The Labute approximate surface area is 175 Å². The minimum atomic E-state index is -4.69. The third-order valence-electron chi connectivity index (χ3n) is 4.41. The lowest BCUT2D eigenvalue weighted by molar-refractivity contribution is -0.143. The van der Waals surface area contributed by atoms with Crippen molar-refractivity contribution in [2.45, 2.75) is 38.0 Å². The molecule has 0 aliphatic carbocycles. The molecule has 0 spiro atoms. The van der Waals surface area contributed by atoms with Gasteiger partial charge < -0.3 is 15.7 Å². The summed E-state index contributed by atoms with van der Waals surface area (Å²) >= 11 is 0. The van der Waals surface area contributed by atoms with E-state index in [2.05, 4.69) is 10.6 Å². The van der Waals surface area contributed by atoms with Gasteiger partial charge in [0, 0.05) is 19.8 Å². The number of benzene rings is 2. The Bertz CT molecular complexity index is 945. The fourth-order valence-electron chi connectivity index (χ4n) is 2.98. The molecule has 0 bridgehead atoms. The first-order valence-corrected chi connectivity index (χ1v) is 9.17. The Kier molecular flexibility index (Phi) is 7.73. The number of nitrogens with one attached hydrogen (secondary N) is 2. The zero-order valence-electron chi connectivity index (χ0n) is 16.4. The second kappa shape index (κ2) is 10.1. The second-order valence-corrected chi connectivity index (χ2v) is 6.84. The van der Waals surface area contributed by atoms with Gasteiger partial charge in [0.1, 0.15) is 17.9 Å². The Balaban J connectivity index is 2.21. The quantitative estimate of drug-likeness (QED) is 0.550. The maximum Gasteiger partial charge on any atom is 0.416 e. The van der Waals surface area contributed by atoms with Gasteiger partial charge >= 0.3 is 12.1 Å². The van der Waals surface area contributed by atoms with Crippen LogP contribution in [0, 0.1) is 5.82 Å². The maximum atomic E-state index is 13.2. The number of carbonyl (C=O) groups excluding carboxylic acids is 2. The van der Waals surface area contributed by atoms with Gasteiger partial charge in [-0.05, 0) is 29.3 Å². The fourth-order valence-corrected chi connectivity index (χ4v) is 2.98. The molecule has 0 unspecified atom stereocenters. The number of aliphatic carboxylic acids is 1. The average molecular weight is 440 g/mol. The van der Waals surface area contributed by atoms with Crippen molar-refractivity contribution in [2.75, 3.05) is 0 Å². The Morgan fingerprint density at radius 1 is 0.935 bits per heavy atom. The van der Waals surface area contributed by atoms with E-state index in [0.717, 1.165) is 31.2 Å². The predicted molar refractivity (Wildman–Crippen MR) is 102 cm³/mol. The Hall–Kier alpha value is -3.43. The number of carbonyl (C=O) groups is 3. The van der Waals surface area contributed by atoms with Crippen molar-refractivity contribution in [1.82, 2.24) is 10.6 Å². The van der Waals surface area contributed by atoms with E-state index in [0.29, 0.717) is 5.56 Å². The number of carboxylic acid groups (broad SMARTS) is 1. The molecular formula is C21H20F4N2O4. The van der Waals surface area contributed by atoms with Crippen LogP contribution in [0.1, 0.15) is 23.6 Å². The zero-order valence-corrected chi connectivity index (χ0v) is 16.4. The van der Waals surface area contributed by atoms with Crippen molar-refractivity contribution in [1.29, 1.82) is 0 Å². The summed E-state index contributed by atoms with van der Waals surface area (Å²) in [7, 11) is 0. The highest BCUT2D eigenvalue weighted by Crippen LogP contribution is 2.32. The lowest BCUT2D eigenvalue weighted by atomic mass is 9.99. The van der Waals surface area contributed by atoms with Crippen molar-refractivity contribution >= 4 is 17.8 Å². The van der Waals surface area contributed by atoms with Crippen LogP contribution in [0.4, 0.5) is 17.6 Å². The molecule has 0 saturated heterocycles. The van der Waals surface area contributed by atoms with Crippen LogP contribution in [0.3, 0.4) is 0 Å². The fraction of sp³-hybridized carbons (Fsp3) is 0.286. The largest absolute Gasteiger partial charge is 0.480 e. The molecule has 0 aliphatic heterocycles. The lowest BCUT2D eigenvalue weighted by Gasteiger charge is -2.22. The van der Waals surface area contributed by atoms with Crippen molar-refractivity contribution in [3.05, 3.63) is 71.0 Å². The van der Waals surface area contributed by atoms with Gasteiger partial charge in [-0.2, -0.15) is 13.2 Å². The molecule has 6 nitrogen and oxygen atoms in total. The zero-order chi connectivity index (χ0) is 23.2. The van der Waals surface area contributed by atoms with E-state index in [1.807, 2.05) is 0 Å². The highest BCUT2D eigenvalue weighted by Gasteiger charge is 2.35. The minimum absolute atomic E-state index is 0.0723. The minimum Gasteiger partial charge on any atom is -0.480 e. The first-order valence-electron chi connectivity index (χ1n) is 9.17. The number of alkyl halides is 3. The van der Waals surface area contributed by atoms with Gasteiger partial charge in [0.15, 0.2) is 0 Å². The van der Waals surface area contributed by atoms with E-state index in [9.17, 15) is 37.1 Å². The van der Waals surface area contributed by atoms with Crippen LogP contribution >= 0.6 is 0 Å². The van der Waals surface area contributed by atoms with E-state index in [1.54, 1.807) is 0 Å². The molecule has 10 heteroatoms. The molecule has 2 aromatic rings. The first-order chi connectivity index (χ1) is 14.5. The monoisotopic (exact) mass is 440 g/mol. The van der Waals surface area contributed by atoms with Gasteiger partial charge in [-0.25, -0.2) is 9.18 Å². The van der Waals surface area contributed by atoms with Gasteiger partial charge in [0.25, 0.3) is 0 Å². The number of carboxylic acids is 1. The van der Waals surface area contributed by atoms with Gasteiger partial charge in [-0.1, -0.05) is 30.3 Å². The van der Waals surface area contributed by atoms with Gasteiger partial charge in [0.2, 0.25) is 11.8 Å². The number of hydrogen-bond donors (Lipinski definition) is 3. The summed E-state index contributed by atoms with van der Waals surface area (Å²) in [5.74, 6) is -3.50. The third kappa shape index (κ3) is 7.09.